The highest BCUT2D eigenvalue weighted by molar-refractivity contribution is 5.77. The van der Waals surface area contributed by atoms with Crippen molar-refractivity contribution in [2.45, 2.75) is 50.2 Å². The number of nitrogens with zero attached hydrogens (tertiary/aromatic N) is 2. The molecule has 10 heteroatoms. The summed E-state index contributed by atoms with van der Waals surface area (Å²) in [7, 11) is 1.64. The number of para-hydroxylation sites is 2. The summed E-state index contributed by atoms with van der Waals surface area (Å²) in [5.74, 6) is 0.990. The number of methoxy groups -OCH3 is 1. The number of carboxylic acid groups (broad SMARTS) is 1. The van der Waals surface area contributed by atoms with Crippen LogP contribution < -0.4 is 30.7 Å². The predicted molar refractivity (Wildman–Crippen MR) is 161 cm³/mol. The number of anilines is 2. The number of nitrogens with one attached hydrogen (secondary N) is 1. The molecule has 3 aromatic rings. The highest BCUT2D eigenvalue weighted by Gasteiger charge is 2.44. The molecule has 2 aliphatic heterocycles. The maximum atomic E-state index is 13.0. The molecule has 0 spiro atoms. The lowest BCUT2D eigenvalue weighted by atomic mass is 9.73. The molecule has 3 aromatic carbocycles. The molecule has 2 fully saturated rings. The van der Waals surface area contributed by atoms with Gasteiger partial charge in [0.1, 0.15) is 22.9 Å². The van der Waals surface area contributed by atoms with E-state index >= 15 is 0 Å². The molecular formula is C32H39N3O7. The first-order chi connectivity index (χ1) is 20.3. The monoisotopic (exact) mass is 577 g/mol. The molecule has 0 radical (unpaired) electrons. The van der Waals surface area contributed by atoms with Crippen molar-refractivity contribution in [3.8, 4) is 11.5 Å². The topological polar surface area (TPSA) is 129 Å². The third-order valence-corrected chi connectivity index (χ3v) is 8.57. The Kier molecular flexibility index (Phi) is 9.13. The smallest absolute Gasteiger partial charge is 0.404 e. The number of carbonyl (C=O) groups is 1. The summed E-state index contributed by atoms with van der Waals surface area (Å²) < 4.78 is 11.6. The van der Waals surface area contributed by atoms with Crippen molar-refractivity contribution in [1.82, 2.24) is 5.32 Å². The molecule has 2 aliphatic rings. The molecule has 2 heterocycles. The van der Waals surface area contributed by atoms with Gasteiger partial charge in [-0.2, -0.15) is 0 Å². The van der Waals surface area contributed by atoms with Gasteiger partial charge >= 0.3 is 6.09 Å². The van der Waals surface area contributed by atoms with E-state index < -0.39 is 22.6 Å². The van der Waals surface area contributed by atoms with Crippen LogP contribution in [0, 0.1) is 5.92 Å². The van der Waals surface area contributed by atoms with Crippen molar-refractivity contribution in [2.24, 2.45) is 5.92 Å². The van der Waals surface area contributed by atoms with Crippen LogP contribution in [0.5, 0.6) is 11.5 Å². The standard InChI is InChI=1S/C32H39N3O7/c1-41-19-9-16-32(40,25-14-5-6-15-26(25)42-24-12-3-2-4-13-24)22-10-7-17-34(20-22)27-28(30(37)29(27)36)35-18-8-11-23(21-35)33-31(38)39/h2-6,12-15,22-23,33,40H,7-11,16-21H2,1H3,(H,38,39)/t22-,23+,32+/m1/s1. The number of aliphatic hydroxyl groups is 1. The van der Waals surface area contributed by atoms with E-state index in [1.165, 1.54) is 0 Å². The summed E-state index contributed by atoms with van der Waals surface area (Å²) >= 11 is 0. The van der Waals surface area contributed by atoms with Gasteiger partial charge in [-0.3, -0.25) is 9.59 Å². The van der Waals surface area contributed by atoms with Crippen molar-refractivity contribution < 1.29 is 24.5 Å². The zero-order valence-electron chi connectivity index (χ0n) is 24.0. The van der Waals surface area contributed by atoms with Crippen LogP contribution in [0.4, 0.5) is 16.2 Å². The second kappa shape index (κ2) is 13.0. The predicted octanol–water partition coefficient (Wildman–Crippen LogP) is 3.84. The molecule has 1 amide bonds. The Morgan fingerprint density at radius 2 is 1.60 bits per heavy atom. The van der Waals surface area contributed by atoms with E-state index in [9.17, 15) is 24.6 Å². The Labute approximate surface area is 245 Å². The lowest BCUT2D eigenvalue weighted by molar-refractivity contribution is -0.0438. The average Bonchev–Trinajstić information content (AvgIpc) is 3.00. The normalized spacial score (nSPS) is 20.7. The fraction of sp³-hybridized carbons (Fsp3) is 0.469. The van der Waals surface area contributed by atoms with Crippen LogP contribution in [-0.2, 0) is 10.3 Å². The maximum absolute atomic E-state index is 13.0. The number of hydrogen-bond acceptors (Lipinski definition) is 8. The van der Waals surface area contributed by atoms with E-state index in [1.807, 2.05) is 64.4 Å². The number of amides is 1. The van der Waals surface area contributed by atoms with E-state index in [0.717, 1.165) is 12.8 Å². The van der Waals surface area contributed by atoms with Gasteiger partial charge in [0.2, 0.25) is 0 Å². The molecule has 0 saturated carbocycles. The summed E-state index contributed by atoms with van der Waals surface area (Å²) in [4.78, 5) is 40.8. The molecule has 3 atom stereocenters. The van der Waals surface area contributed by atoms with Crippen LogP contribution in [0.15, 0.2) is 64.2 Å². The molecule has 42 heavy (non-hydrogen) atoms. The number of benzene rings is 2. The third-order valence-electron chi connectivity index (χ3n) is 8.57. The number of ether oxygens (including phenoxy) is 2. The van der Waals surface area contributed by atoms with Gasteiger partial charge in [-0.25, -0.2) is 4.79 Å². The Morgan fingerprint density at radius 1 is 0.952 bits per heavy atom. The minimum atomic E-state index is -1.28. The van der Waals surface area contributed by atoms with Crippen molar-refractivity contribution in [2.75, 3.05) is 49.7 Å². The van der Waals surface area contributed by atoms with Gasteiger partial charge in [-0.1, -0.05) is 36.4 Å². The largest absolute Gasteiger partial charge is 0.465 e. The van der Waals surface area contributed by atoms with Crippen LogP contribution >= 0.6 is 0 Å². The quantitative estimate of drug-likeness (QED) is 0.230. The lowest BCUT2D eigenvalue weighted by Crippen LogP contribution is -2.55. The molecular weight excluding hydrogens is 538 g/mol. The Bertz CT molecular complexity index is 1440. The van der Waals surface area contributed by atoms with Crippen molar-refractivity contribution >= 4 is 17.5 Å². The highest BCUT2D eigenvalue weighted by atomic mass is 16.5. The third kappa shape index (κ3) is 6.15. The molecule has 0 bridgehead atoms. The lowest BCUT2D eigenvalue weighted by Gasteiger charge is -2.45. The van der Waals surface area contributed by atoms with Crippen LogP contribution in [-0.4, -0.2) is 62.2 Å². The Hall–Kier alpha value is -3.89. The minimum absolute atomic E-state index is 0.247. The molecule has 224 valence electrons. The molecule has 10 nitrogen and oxygen atoms in total. The summed E-state index contributed by atoms with van der Waals surface area (Å²) in [6.07, 6.45) is 2.82. The summed E-state index contributed by atoms with van der Waals surface area (Å²) in [5.41, 5.74) is -0.890. The maximum Gasteiger partial charge on any atom is 0.404 e. The molecule has 0 aliphatic carbocycles. The molecule has 0 unspecified atom stereocenters. The highest BCUT2D eigenvalue weighted by Crippen LogP contribution is 2.45. The second-order valence-corrected chi connectivity index (χ2v) is 11.3. The van der Waals surface area contributed by atoms with Gasteiger partial charge in [-0.15, -0.1) is 0 Å². The number of rotatable bonds is 11. The minimum Gasteiger partial charge on any atom is -0.465 e. The Balaban J connectivity index is 1.43. The van der Waals surface area contributed by atoms with E-state index in [0.29, 0.717) is 86.9 Å². The van der Waals surface area contributed by atoms with E-state index in [-0.39, 0.29) is 12.0 Å². The molecule has 0 aromatic heterocycles. The first-order valence-corrected chi connectivity index (χ1v) is 14.7. The molecule has 2 saturated heterocycles. The second-order valence-electron chi connectivity index (χ2n) is 11.3. The van der Waals surface area contributed by atoms with Gasteiger partial charge in [0.15, 0.2) is 0 Å². The van der Waals surface area contributed by atoms with Crippen LogP contribution in [0.1, 0.15) is 44.1 Å². The summed E-state index contributed by atoms with van der Waals surface area (Å²) in [6, 6.07) is 16.7. The first-order valence-electron chi connectivity index (χ1n) is 14.7. The van der Waals surface area contributed by atoms with E-state index in [1.54, 1.807) is 7.11 Å². The first kappa shape index (κ1) is 29.6. The Morgan fingerprint density at radius 3 is 2.29 bits per heavy atom. The number of piperidine rings is 2. The molecule has 3 N–H and O–H groups in total. The van der Waals surface area contributed by atoms with Crippen molar-refractivity contribution in [3.63, 3.8) is 0 Å². The van der Waals surface area contributed by atoms with E-state index in [4.69, 9.17) is 9.47 Å². The van der Waals surface area contributed by atoms with E-state index in [2.05, 4.69) is 5.32 Å². The molecule has 5 rings (SSSR count). The SMILES string of the molecule is COCCC[C@@](O)(c1ccccc1Oc1ccccc1)[C@@H]1CCCN(c2c(N3CCC[C@H](NC(=O)O)C3)c(=O)c2=O)C1. The fourth-order valence-electron chi connectivity index (χ4n) is 6.57. The van der Waals surface area contributed by atoms with Gasteiger partial charge in [0.25, 0.3) is 10.9 Å². The zero-order chi connectivity index (χ0) is 29.7. The van der Waals surface area contributed by atoms with Crippen molar-refractivity contribution in [1.29, 1.82) is 0 Å². The van der Waals surface area contributed by atoms with Crippen LogP contribution in [0.2, 0.25) is 0 Å². The van der Waals surface area contributed by atoms with Crippen LogP contribution in [0.25, 0.3) is 0 Å². The average molecular weight is 578 g/mol. The van der Waals surface area contributed by atoms with Gasteiger partial charge < -0.3 is 34.8 Å². The van der Waals surface area contributed by atoms with Crippen LogP contribution in [0.3, 0.4) is 0 Å². The van der Waals surface area contributed by atoms with Gasteiger partial charge in [-0.05, 0) is 56.7 Å². The summed E-state index contributed by atoms with van der Waals surface area (Å²) in [5, 5.41) is 24.2. The van der Waals surface area contributed by atoms with Gasteiger partial charge in [0.05, 0.1) is 5.60 Å². The number of hydrogen-bond donors (Lipinski definition) is 3. The zero-order valence-corrected chi connectivity index (χ0v) is 24.0. The van der Waals surface area contributed by atoms with Crippen molar-refractivity contribution in [3.05, 3.63) is 80.6 Å². The fourth-order valence-corrected chi connectivity index (χ4v) is 6.57. The summed E-state index contributed by atoms with van der Waals surface area (Å²) in [6.45, 7) is 2.40. The van der Waals surface area contributed by atoms with Gasteiger partial charge in [0, 0.05) is 57.4 Å².